The van der Waals surface area contributed by atoms with Gasteiger partial charge in [-0.05, 0) is 24.3 Å². The Morgan fingerprint density at radius 2 is 1.94 bits per heavy atom. The molecule has 7 heteroatoms. The highest BCUT2D eigenvalue weighted by molar-refractivity contribution is 7.86. The van der Waals surface area contributed by atoms with Crippen molar-refractivity contribution in [2.24, 2.45) is 5.73 Å². The van der Waals surface area contributed by atoms with Crippen molar-refractivity contribution in [3.05, 3.63) is 24.3 Å². The Kier molecular flexibility index (Phi) is 3.86. The molecular formula is C9H12N2O4S. The van der Waals surface area contributed by atoms with Crippen molar-refractivity contribution < 1.29 is 17.4 Å². The monoisotopic (exact) mass is 244 g/mol. The maximum absolute atomic E-state index is 10.9. The molecule has 88 valence electrons. The Hall–Kier alpha value is -1.60. The van der Waals surface area contributed by atoms with Gasteiger partial charge < -0.3 is 15.2 Å². The van der Waals surface area contributed by atoms with Crippen LogP contribution in [0.3, 0.4) is 0 Å². The van der Waals surface area contributed by atoms with Crippen molar-refractivity contribution in [3.63, 3.8) is 0 Å². The minimum atomic E-state index is -3.53. The minimum absolute atomic E-state index is 0.110. The van der Waals surface area contributed by atoms with Gasteiger partial charge in [0.25, 0.3) is 0 Å². The lowest BCUT2D eigenvalue weighted by Crippen LogP contribution is -2.21. The zero-order valence-corrected chi connectivity index (χ0v) is 9.45. The van der Waals surface area contributed by atoms with Crippen LogP contribution in [0.5, 0.6) is 5.75 Å². The van der Waals surface area contributed by atoms with Crippen LogP contribution in [0.25, 0.3) is 0 Å². The standard InChI is InChI=1S/C9H12N2O4S/c1-16(13,14)15-8-4-2-7(3-5-8)11-9(12)6-10/h2-5H,6,10H2,1H3,(H,11,12). The van der Waals surface area contributed by atoms with Crippen molar-refractivity contribution in [1.82, 2.24) is 0 Å². The number of nitrogens with one attached hydrogen (secondary N) is 1. The topological polar surface area (TPSA) is 98.5 Å². The van der Waals surface area contributed by atoms with E-state index in [1.54, 1.807) is 0 Å². The van der Waals surface area contributed by atoms with E-state index in [4.69, 9.17) is 5.73 Å². The molecule has 0 saturated carbocycles. The molecule has 0 unspecified atom stereocenters. The minimum Gasteiger partial charge on any atom is -0.383 e. The molecule has 1 amide bonds. The number of carbonyl (C=O) groups excluding carboxylic acids is 1. The van der Waals surface area contributed by atoms with E-state index < -0.39 is 10.1 Å². The van der Waals surface area contributed by atoms with Crippen LogP contribution in [-0.4, -0.2) is 27.1 Å². The smallest absolute Gasteiger partial charge is 0.306 e. The third-order valence-electron chi connectivity index (χ3n) is 1.57. The Balaban J connectivity index is 2.72. The molecule has 0 radical (unpaired) electrons. The molecule has 0 spiro atoms. The number of anilines is 1. The van der Waals surface area contributed by atoms with Crippen molar-refractivity contribution in [1.29, 1.82) is 0 Å². The fraction of sp³-hybridized carbons (Fsp3) is 0.222. The number of nitrogens with two attached hydrogens (primary N) is 1. The van der Waals surface area contributed by atoms with E-state index in [1.165, 1.54) is 24.3 Å². The van der Waals surface area contributed by atoms with Crippen molar-refractivity contribution in [2.45, 2.75) is 0 Å². The van der Waals surface area contributed by atoms with E-state index in [2.05, 4.69) is 9.50 Å². The van der Waals surface area contributed by atoms with Gasteiger partial charge >= 0.3 is 10.1 Å². The molecule has 3 N–H and O–H groups in total. The van der Waals surface area contributed by atoms with Gasteiger partial charge in [0, 0.05) is 5.69 Å². The Morgan fingerprint density at radius 3 is 2.38 bits per heavy atom. The predicted molar refractivity (Wildman–Crippen MR) is 59.6 cm³/mol. The van der Waals surface area contributed by atoms with Gasteiger partial charge in [-0.2, -0.15) is 8.42 Å². The number of benzene rings is 1. The van der Waals surface area contributed by atoms with Crippen molar-refractivity contribution in [3.8, 4) is 5.75 Å². The van der Waals surface area contributed by atoms with Gasteiger partial charge in [0.05, 0.1) is 12.8 Å². The summed E-state index contributed by atoms with van der Waals surface area (Å²) in [5.41, 5.74) is 5.64. The normalized spacial score (nSPS) is 10.9. The highest BCUT2D eigenvalue weighted by Gasteiger charge is 2.04. The van der Waals surface area contributed by atoms with Gasteiger partial charge in [0.2, 0.25) is 5.91 Å². The lowest BCUT2D eigenvalue weighted by molar-refractivity contribution is -0.114. The van der Waals surface area contributed by atoms with E-state index >= 15 is 0 Å². The molecular weight excluding hydrogens is 232 g/mol. The van der Waals surface area contributed by atoms with E-state index in [0.717, 1.165) is 6.26 Å². The van der Waals surface area contributed by atoms with Gasteiger partial charge in [0.15, 0.2) is 0 Å². The van der Waals surface area contributed by atoms with Crippen LogP contribution in [0, 0.1) is 0 Å². The van der Waals surface area contributed by atoms with Crippen molar-refractivity contribution in [2.75, 3.05) is 18.1 Å². The van der Waals surface area contributed by atoms with Crippen molar-refractivity contribution >= 4 is 21.7 Å². The zero-order valence-electron chi connectivity index (χ0n) is 8.64. The summed E-state index contributed by atoms with van der Waals surface area (Å²) >= 11 is 0. The maximum Gasteiger partial charge on any atom is 0.306 e. The molecule has 0 heterocycles. The number of rotatable bonds is 4. The highest BCUT2D eigenvalue weighted by Crippen LogP contribution is 2.16. The fourth-order valence-electron chi connectivity index (χ4n) is 0.981. The Labute approximate surface area is 93.5 Å². The quantitative estimate of drug-likeness (QED) is 0.722. The second kappa shape index (κ2) is 4.95. The second-order valence-electron chi connectivity index (χ2n) is 3.06. The van der Waals surface area contributed by atoms with Crippen LogP contribution < -0.4 is 15.2 Å². The average molecular weight is 244 g/mol. The summed E-state index contributed by atoms with van der Waals surface area (Å²) in [7, 11) is -3.53. The van der Waals surface area contributed by atoms with E-state index in [-0.39, 0.29) is 18.2 Å². The molecule has 0 aromatic heterocycles. The molecule has 0 atom stereocenters. The third kappa shape index (κ3) is 4.28. The van der Waals surface area contributed by atoms with Crippen LogP contribution in [0.4, 0.5) is 5.69 Å². The van der Waals surface area contributed by atoms with E-state index in [0.29, 0.717) is 5.69 Å². The molecule has 6 nitrogen and oxygen atoms in total. The van der Waals surface area contributed by atoms with E-state index in [1.807, 2.05) is 0 Å². The Morgan fingerprint density at radius 1 is 1.38 bits per heavy atom. The lowest BCUT2D eigenvalue weighted by atomic mass is 10.3. The fourth-order valence-corrected chi connectivity index (χ4v) is 1.44. The average Bonchev–Trinajstić information content (AvgIpc) is 2.18. The first-order valence-electron chi connectivity index (χ1n) is 4.40. The molecule has 1 aromatic carbocycles. The van der Waals surface area contributed by atoms with Gasteiger partial charge in [0.1, 0.15) is 5.75 Å². The summed E-state index contributed by atoms with van der Waals surface area (Å²) < 4.78 is 26.2. The lowest BCUT2D eigenvalue weighted by Gasteiger charge is -2.05. The maximum atomic E-state index is 10.9. The SMILES string of the molecule is CS(=O)(=O)Oc1ccc(NC(=O)CN)cc1. The zero-order chi connectivity index (χ0) is 12.2. The van der Waals surface area contributed by atoms with Gasteiger partial charge in [-0.25, -0.2) is 0 Å². The van der Waals surface area contributed by atoms with Crippen LogP contribution in [0.2, 0.25) is 0 Å². The Bertz CT molecular complexity index is 467. The van der Waals surface area contributed by atoms with Crippen LogP contribution in [0.1, 0.15) is 0 Å². The second-order valence-corrected chi connectivity index (χ2v) is 4.64. The van der Waals surface area contributed by atoms with E-state index in [9.17, 15) is 13.2 Å². The molecule has 0 aliphatic carbocycles. The molecule has 0 fully saturated rings. The summed E-state index contributed by atoms with van der Waals surface area (Å²) in [6.07, 6.45) is 0.955. The summed E-state index contributed by atoms with van der Waals surface area (Å²) in [5.74, 6) is -0.134. The molecule has 1 rings (SSSR count). The molecule has 16 heavy (non-hydrogen) atoms. The van der Waals surface area contributed by atoms with Crippen LogP contribution >= 0.6 is 0 Å². The van der Waals surface area contributed by atoms with Gasteiger partial charge in [-0.1, -0.05) is 0 Å². The van der Waals surface area contributed by atoms with Gasteiger partial charge in [-0.3, -0.25) is 4.79 Å². The summed E-state index contributed by atoms with van der Waals surface area (Å²) in [4.78, 5) is 10.9. The molecule has 1 aromatic rings. The number of hydrogen-bond acceptors (Lipinski definition) is 5. The number of hydrogen-bond donors (Lipinski definition) is 2. The highest BCUT2D eigenvalue weighted by atomic mass is 32.2. The first-order valence-corrected chi connectivity index (χ1v) is 6.22. The predicted octanol–water partition coefficient (Wildman–Crippen LogP) is -0.0778. The number of carbonyl (C=O) groups is 1. The molecule has 0 aliphatic heterocycles. The number of amides is 1. The largest absolute Gasteiger partial charge is 0.383 e. The molecule has 0 bridgehead atoms. The third-order valence-corrected chi connectivity index (χ3v) is 2.07. The van der Waals surface area contributed by atoms with Crippen LogP contribution in [0.15, 0.2) is 24.3 Å². The molecule has 0 aliphatic rings. The molecule has 0 saturated heterocycles. The first-order chi connectivity index (χ1) is 7.40. The van der Waals surface area contributed by atoms with Crippen LogP contribution in [-0.2, 0) is 14.9 Å². The summed E-state index contributed by atoms with van der Waals surface area (Å²) in [5, 5.41) is 2.51. The summed E-state index contributed by atoms with van der Waals surface area (Å²) in [6, 6.07) is 5.92. The summed E-state index contributed by atoms with van der Waals surface area (Å²) in [6.45, 7) is -0.110. The first kappa shape index (κ1) is 12.5. The van der Waals surface area contributed by atoms with Gasteiger partial charge in [-0.15, -0.1) is 0 Å².